The van der Waals surface area contributed by atoms with Gasteiger partial charge in [0.2, 0.25) is 0 Å². The molecular weight excluding hydrogens is 354 g/mol. The van der Waals surface area contributed by atoms with Crippen LogP contribution in [0.25, 0.3) is 0 Å². The number of rotatable bonds is 6. The summed E-state index contributed by atoms with van der Waals surface area (Å²) in [5.74, 6) is 1.86. The lowest BCUT2D eigenvalue weighted by molar-refractivity contribution is 0.198. The summed E-state index contributed by atoms with van der Waals surface area (Å²) >= 11 is 1.89. The lowest BCUT2D eigenvalue weighted by atomic mass is 10.0. The molecule has 6 heteroatoms. The molecule has 2 aromatic heterocycles. The fourth-order valence-electron chi connectivity index (χ4n) is 4.80. The highest BCUT2D eigenvalue weighted by atomic mass is 32.1. The van der Waals surface area contributed by atoms with Gasteiger partial charge in [-0.1, -0.05) is 12.8 Å². The van der Waals surface area contributed by atoms with E-state index in [-0.39, 0.29) is 0 Å². The second-order valence-electron chi connectivity index (χ2n) is 8.37. The number of anilines is 1. The minimum absolute atomic E-state index is 0.619. The van der Waals surface area contributed by atoms with E-state index >= 15 is 0 Å². The van der Waals surface area contributed by atoms with Crippen LogP contribution < -0.4 is 4.90 Å². The van der Waals surface area contributed by atoms with E-state index in [1.54, 1.807) is 6.33 Å². The average molecular weight is 384 g/mol. The van der Waals surface area contributed by atoms with E-state index in [1.165, 1.54) is 62.1 Å². The van der Waals surface area contributed by atoms with Gasteiger partial charge < -0.3 is 4.90 Å². The highest BCUT2D eigenvalue weighted by Gasteiger charge is 2.36. The quantitative estimate of drug-likeness (QED) is 0.747. The zero-order valence-corrected chi connectivity index (χ0v) is 16.8. The fourth-order valence-corrected chi connectivity index (χ4v) is 5.78. The van der Waals surface area contributed by atoms with E-state index < -0.39 is 0 Å². The molecule has 1 aliphatic heterocycles. The maximum atomic E-state index is 4.98. The van der Waals surface area contributed by atoms with Crippen LogP contribution in [0.1, 0.15) is 68.0 Å². The van der Waals surface area contributed by atoms with Crippen molar-refractivity contribution in [1.82, 2.24) is 19.9 Å². The fraction of sp³-hybridized carbons (Fsp3) is 0.667. The molecule has 5 nitrogen and oxygen atoms in total. The van der Waals surface area contributed by atoms with Crippen molar-refractivity contribution < 1.29 is 0 Å². The highest BCUT2D eigenvalue weighted by Crippen LogP contribution is 2.37. The Hall–Kier alpha value is -1.53. The number of hydrogen-bond donors (Lipinski definition) is 0. The average Bonchev–Trinajstić information content (AvgIpc) is 3.19. The lowest BCUT2D eigenvalue weighted by Gasteiger charge is -2.39. The van der Waals surface area contributed by atoms with Crippen LogP contribution in [-0.4, -0.2) is 45.0 Å². The molecule has 1 saturated heterocycles. The van der Waals surface area contributed by atoms with Gasteiger partial charge in [0, 0.05) is 49.2 Å². The Labute approximate surface area is 165 Å². The summed E-state index contributed by atoms with van der Waals surface area (Å²) in [6, 6.07) is 3.39. The summed E-state index contributed by atoms with van der Waals surface area (Å²) in [6.07, 6.45) is 14.1. The normalized spacial score (nSPS) is 22.4. The van der Waals surface area contributed by atoms with Gasteiger partial charge in [-0.25, -0.2) is 15.0 Å². The maximum Gasteiger partial charge on any atom is 0.132 e. The number of nitrogens with zero attached hydrogens (tertiary/aromatic N) is 5. The van der Waals surface area contributed by atoms with E-state index in [0.29, 0.717) is 12.1 Å². The number of piperidine rings is 1. The van der Waals surface area contributed by atoms with E-state index in [9.17, 15) is 0 Å². The van der Waals surface area contributed by atoms with Crippen molar-refractivity contribution in [3.63, 3.8) is 0 Å². The van der Waals surface area contributed by atoms with E-state index in [1.807, 2.05) is 17.5 Å². The summed E-state index contributed by atoms with van der Waals surface area (Å²) in [5.41, 5.74) is 1.29. The molecule has 5 rings (SSSR count). The van der Waals surface area contributed by atoms with Crippen LogP contribution in [-0.2, 0) is 6.54 Å². The van der Waals surface area contributed by atoms with Gasteiger partial charge in [0.25, 0.3) is 0 Å². The van der Waals surface area contributed by atoms with Gasteiger partial charge in [0.05, 0.1) is 10.7 Å². The van der Waals surface area contributed by atoms with Gasteiger partial charge in [-0.15, -0.1) is 11.3 Å². The first-order valence-electron chi connectivity index (χ1n) is 10.6. The maximum absolute atomic E-state index is 4.98. The predicted molar refractivity (Wildman–Crippen MR) is 109 cm³/mol. The molecular formula is C21H29N5S. The molecule has 2 aliphatic carbocycles. The predicted octanol–water partition coefficient (Wildman–Crippen LogP) is 4.22. The van der Waals surface area contributed by atoms with Crippen molar-refractivity contribution in [2.24, 2.45) is 0 Å². The molecule has 0 aromatic carbocycles. The van der Waals surface area contributed by atoms with E-state index in [2.05, 4.69) is 31.2 Å². The van der Waals surface area contributed by atoms with Crippen LogP contribution in [0.4, 0.5) is 5.82 Å². The molecule has 0 bridgehead atoms. The second kappa shape index (κ2) is 7.84. The van der Waals surface area contributed by atoms with E-state index in [0.717, 1.165) is 31.4 Å². The third-order valence-corrected chi connectivity index (χ3v) is 7.44. The molecule has 0 atom stereocenters. The van der Waals surface area contributed by atoms with Gasteiger partial charge in [-0.2, -0.15) is 0 Å². The molecule has 3 aliphatic rings. The molecule has 2 saturated carbocycles. The number of likely N-dealkylation sites (tertiary alicyclic amines) is 1. The molecule has 3 fully saturated rings. The number of aromatic nitrogens is 3. The Morgan fingerprint density at radius 2 is 1.81 bits per heavy atom. The van der Waals surface area contributed by atoms with Crippen molar-refractivity contribution >= 4 is 17.2 Å². The summed E-state index contributed by atoms with van der Waals surface area (Å²) in [4.78, 5) is 18.8. The summed E-state index contributed by atoms with van der Waals surface area (Å²) in [6.45, 7) is 3.34. The first-order valence-corrected chi connectivity index (χ1v) is 11.5. The zero-order chi connectivity index (χ0) is 18.1. The van der Waals surface area contributed by atoms with Crippen LogP contribution in [0.15, 0.2) is 24.0 Å². The van der Waals surface area contributed by atoms with Gasteiger partial charge in [-0.05, 0) is 44.6 Å². The molecule has 0 spiro atoms. The zero-order valence-electron chi connectivity index (χ0n) is 16.0. The monoisotopic (exact) mass is 383 g/mol. The molecule has 2 aromatic rings. The second-order valence-corrected chi connectivity index (χ2v) is 9.26. The van der Waals surface area contributed by atoms with Gasteiger partial charge in [0.15, 0.2) is 0 Å². The Balaban J connectivity index is 1.18. The Kier molecular flexibility index (Phi) is 5.10. The van der Waals surface area contributed by atoms with Crippen LogP contribution in [0.5, 0.6) is 0 Å². The molecule has 0 N–H and O–H groups in total. The first kappa shape index (κ1) is 17.6. The Morgan fingerprint density at radius 3 is 2.52 bits per heavy atom. The minimum Gasteiger partial charge on any atom is -0.350 e. The van der Waals surface area contributed by atoms with Gasteiger partial charge >= 0.3 is 0 Å². The summed E-state index contributed by atoms with van der Waals surface area (Å²) in [5, 5.41) is 3.69. The van der Waals surface area contributed by atoms with Crippen molar-refractivity contribution in [2.45, 2.75) is 75.9 Å². The van der Waals surface area contributed by atoms with Crippen molar-refractivity contribution in [2.75, 3.05) is 18.0 Å². The van der Waals surface area contributed by atoms with Crippen LogP contribution in [0.2, 0.25) is 0 Å². The van der Waals surface area contributed by atoms with Crippen molar-refractivity contribution in [3.05, 3.63) is 34.7 Å². The lowest BCUT2D eigenvalue weighted by Crippen LogP contribution is -2.46. The highest BCUT2D eigenvalue weighted by molar-refractivity contribution is 7.09. The van der Waals surface area contributed by atoms with Crippen LogP contribution in [0.3, 0.4) is 0 Å². The molecule has 0 unspecified atom stereocenters. The van der Waals surface area contributed by atoms with Gasteiger partial charge in [-0.3, -0.25) is 4.90 Å². The standard InChI is InChI=1S/C21H29N5S/c1-2-4-16(3-1)21-24-17(14-27-21)13-25-11-8-19(9-12-25)26(18-5-6-18)20-7-10-22-15-23-20/h7,10,14-16,18-19H,1-6,8-9,11-13H2. The van der Waals surface area contributed by atoms with Crippen molar-refractivity contribution in [3.8, 4) is 0 Å². The first-order chi connectivity index (χ1) is 13.4. The summed E-state index contributed by atoms with van der Waals surface area (Å²) < 4.78 is 0. The molecule has 0 radical (unpaired) electrons. The summed E-state index contributed by atoms with van der Waals surface area (Å²) in [7, 11) is 0. The third kappa shape index (κ3) is 4.02. The molecule has 27 heavy (non-hydrogen) atoms. The number of thiazole rings is 1. The molecule has 144 valence electrons. The Bertz CT molecular complexity index is 730. The third-order valence-electron chi connectivity index (χ3n) is 6.38. The molecule has 0 amide bonds. The number of hydrogen-bond acceptors (Lipinski definition) is 6. The largest absolute Gasteiger partial charge is 0.350 e. The topological polar surface area (TPSA) is 45.2 Å². The Morgan fingerprint density at radius 1 is 1.04 bits per heavy atom. The molecule has 3 heterocycles. The van der Waals surface area contributed by atoms with Crippen molar-refractivity contribution in [1.29, 1.82) is 0 Å². The minimum atomic E-state index is 0.619. The smallest absolute Gasteiger partial charge is 0.132 e. The SMILES string of the molecule is c1cc(N(C2CC2)C2CCN(Cc3csc(C4CCCC4)n3)CC2)ncn1. The van der Waals surface area contributed by atoms with Crippen LogP contribution >= 0.6 is 11.3 Å². The van der Waals surface area contributed by atoms with E-state index in [4.69, 9.17) is 4.98 Å². The van der Waals surface area contributed by atoms with Gasteiger partial charge in [0.1, 0.15) is 12.1 Å². The van der Waals surface area contributed by atoms with Crippen LogP contribution in [0, 0.1) is 0 Å².